The molecule has 1 N–H and O–H groups in total. The predicted molar refractivity (Wildman–Crippen MR) is 160 cm³/mol. The van der Waals surface area contributed by atoms with Crippen LogP contribution in [0.15, 0.2) is 48.9 Å². The minimum Gasteiger partial charge on any atom is -0.473 e. The van der Waals surface area contributed by atoms with E-state index in [2.05, 4.69) is 25.1 Å². The Labute approximate surface area is 253 Å². The molecule has 0 aliphatic carbocycles. The summed E-state index contributed by atoms with van der Waals surface area (Å²) in [6.45, 7) is 6.27. The number of hydrogen-bond donors (Lipinski definition) is 1. The number of carbonyl (C=O) groups is 1. The molecular formula is C30H31ClF2N8O2. The van der Waals surface area contributed by atoms with E-state index in [1.165, 1.54) is 31.5 Å². The number of likely N-dealkylation sites (N-methyl/N-ethyl adjacent to an activating group) is 1. The molecule has 4 aromatic rings. The molecule has 1 fully saturated rings. The van der Waals surface area contributed by atoms with Crippen LogP contribution in [0.3, 0.4) is 0 Å². The molecule has 1 amide bonds. The van der Waals surface area contributed by atoms with Crippen molar-refractivity contribution in [2.45, 2.75) is 13.0 Å². The zero-order valence-electron chi connectivity index (χ0n) is 24.0. The number of nitriles is 1. The molecule has 5 rings (SSSR count). The van der Waals surface area contributed by atoms with Crippen LogP contribution in [-0.4, -0.2) is 94.4 Å². The highest BCUT2D eigenvalue weighted by atomic mass is 35.5. The molecule has 1 aliphatic rings. The van der Waals surface area contributed by atoms with Crippen molar-refractivity contribution in [2.24, 2.45) is 0 Å². The number of hydrogen-bond acceptors (Lipinski definition) is 8. The molecule has 1 atom stereocenters. The van der Waals surface area contributed by atoms with Crippen LogP contribution >= 0.6 is 11.6 Å². The number of aromatic nitrogens is 3. The van der Waals surface area contributed by atoms with E-state index in [0.717, 1.165) is 26.2 Å². The first-order chi connectivity index (χ1) is 20.7. The fourth-order valence-corrected chi connectivity index (χ4v) is 5.09. The van der Waals surface area contributed by atoms with Crippen LogP contribution in [0.2, 0.25) is 5.02 Å². The number of halogens is 3. The van der Waals surface area contributed by atoms with Gasteiger partial charge in [0.25, 0.3) is 5.91 Å². The Kier molecular flexibility index (Phi) is 9.05. The summed E-state index contributed by atoms with van der Waals surface area (Å²) in [5, 5.41) is 12.4. The van der Waals surface area contributed by atoms with Gasteiger partial charge < -0.3 is 19.9 Å². The molecule has 43 heavy (non-hydrogen) atoms. The Morgan fingerprint density at radius 2 is 1.93 bits per heavy atom. The minimum atomic E-state index is -1.20. The molecule has 0 spiro atoms. The largest absolute Gasteiger partial charge is 0.473 e. The van der Waals surface area contributed by atoms with E-state index in [1.54, 1.807) is 28.8 Å². The van der Waals surface area contributed by atoms with Crippen LogP contribution in [0.1, 0.15) is 17.3 Å². The Hall–Kier alpha value is -4.31. The Morgan fingerprint density at radius 3 is 2.63 bits per heavy atom. The molecule has 3 heterocycles. The third kappa shape index (κ3) is 6.54. The van der Waals surface area contributed by atoms with Gasteiger partial charge in [0.15, 0.2) is 29.1 Å². The summed E-state index contributed by atoms with van der Waals surface area (Å²) >= 11 is 6.56. The van der Waals surface area contributed by atoms with Gasteiger partial charge in [-0.2, -0.15) is 9.65 Å². The average molecular weight is 609 g/mol. The van der Waals surface area contributed by atoms with Gasteiger partial charge in [-0.05, 0) is 51.4 Å². The summed E-state index contributed by atoms with van der Waals surface area (Å²) in [7, 11) is 4.09. The Morgan fingerprint density at radius 1 is 1.16 bits per heavy atom. The fraction of sp³-hybridized carbons (Fsp3) is 0.333. The van der Waals surface area contributed by atoms with Crippen LogP contribution in [0.25, 0.3) is 16.9 Å². The molecule has 0 bridgehead atoms. The van der Waals surface area contributed by atoms with Crippen molar-refractivity contribution in [1.29, 1.82) is 5.26 Å². The maximum absolute atomic E-state index is 15.1. The van der Waals surface area contributed by atoms with Gasteiger partial charge >= 0.3 is 0 Å². The van der Waals surface area contributed by atoms with Gasteiger partial charge in [-0.3, -0.25) is 14.1 Å². The Balaban J connectivity index is 1.32. The lowest BCUT2D eigenvalue weighted by Gasteiger charge is -2.35. The molecule has 2 aromatic carbocycles. The lowest BCUT2D eigenvalue weighted by molar-refractivity contribution is 0.0630. The van der Waals surface area contributed by atoms with Gasteiger partial charge in [0.1, 0.15) is 6.07 Å². The van der Waals surface area contributed by atoms with Crippen LogP contribution < -0.4 is 10.1 Å². The van der Waals surface area contributed by atoms with Gasteiger partial charge in [-0.15, -0.1) is 0 Å². The standard InChI is InChI=1S/C30H31ClF2N8O2/c1-19(17-34)43-25-7-6-22(26(32)27(25)33)24-18-36-29-28(35-8-9-41(24)29)37-20-4-5-21(23(31)16-20)30(42)40-14-12-39(13-15-40)11-10-38(2)3/h4-9,16,18-19H,10-15H2,1-3H3,(H,35,37). The van der Waals surface area contributed by atoms with Gasteiger partial charge in [0.2, 0.25) is 5.82 Å². The monoisotopic (exact) mass is 608 g/mol. The molecule has 224 valence electrons. The normalized spacial score (nSPS) is 14.6. The van der Waals surface area contributed by atoms with Crippen LogP contribution in [-0.2, 0) is 0 Å². The van der Waals surface area contributed by atoms with Gasteiger partial charge in [-0.1, -0.05) is 11.6 Å². The average Bonchev–Trinajstić information content (AvgIpc) is 3.43. The first-order valence-electron chi connectivity index (χ1n) is 13.8. The van der Waals surface area contributed by atoms with Crippen LogP contribution in [0.5, 0.6) is 5.75 Å². The number of piperazine rings is 1. The summed E-state index contributed by atoms with van der Waals surface area (Å²) < 4.78 is 36.5. The number of imidazole rings is 1. The van der Waals surface area contributed by atoms with Crippen molar-refractivity contribution in [1.82, 2.24) is 29.1 Å². The number of carbonyl (C=O) groups excluding carboxylic acids is 1. The minimum absolute atomic E-state index is 0.0384. The number of anilines is 2. The number of nitrogens with one attached hydrogen (secondary N) is 1. The number of rotatable bonds is 9. The van der Waals surface area contributed by atoms with E-state index < -0.39 is 17.7 Å². The number of benzene rings is 2. The molecule has 1 unspecified atom stereocenters. The third-order valence-electron chi connectivity index (χ3n) is 7.22. The summed E-state index contributed by atoms with van der Waals surface area (Å²) in [6.07, 6.45) is 3.55. The second kappa shape index (κ2) is 12.9. The van der Waals surface area contributed by atoms with Gasteiger partial charge in [0, 0.05) is 62.9 Å². The molecule has 0 radical (unpaired) electrons. The van der Waals surface area contributed by atoms with E-state index in [0.29, 0.717) is 40.8 Å². The van der Waals surface area contributed by atoms with Crippen LogP contribution in [0.4, 0.5) is 20.3 Å². The van der Waals surface area contributed by atoms with Crippen molar-refractivity contribution in [3.8, 4) is 23.1 Å². The third-order valence-corrected chi connectivity index (χ3v) is 7.53. The van der Waals surface area contributed by atoms with Crippen molar-refractivity contribution >= 4 is 34.7 Å². The van der Waals surface area contributed by atoms with Crippen molar-refractivity contribution in [3.05, 3.63) is 71.1 Å². The zero-order valence-corrected chi connectivity index (χ0v) is 24.8. The maximum Gasteiger partial charge on any atom is 0.255 e. The first-order valence-corrected chi connectivity index (χ1v) is 14.1. The van der Waals surface area contributed by atoms with E-state index in [9.17, 15) is 9.18 Å². The van der Waals surface area contributed by atoms with Gasteiger partial charge in [-0.25, -0.2) is 14.4 Å². The van der Waals surface area contributed by atoms with Crippen molar-refractivity contribution in [3.63, 3.8) is 0 Å². The maximum atomic E-state index is 15.1. The number of ether oxygens (including phenoxy) is 1. The highest BCUT2D eigenvalue weighted by Gasteiger charge is 2.24. The second-order valence-corrected chi connectivity index (χ2v) is 10.9. The summed E-state index contributed by atoms with van der Waals surface area (Å²) in [5.74, 6) is -2.44. The first kappa shape index (κ1) is 30.2. The topological polar surface area (TPSA) is 102 Å². The molecule has 1 saturated heterocycles. The number of amides is 1. The lowest BCUT2D eigenvalue weighted by Crippen LogP contribution is -2.50. The quantitative estimate of drug-likeness (QED) is 0.292. The highest BCUT2D eigenvalue weighted by molar-refractivity contribution is 6.34. The van der Waals surface area contributed by atoms with Crippen molar-refractivity contribution < 1.29 is 18.3 Å². The summed E-state index contributed by atoms with van der Waals surface area (Å²) in [4.78, 5) is 28.3. The predicted octanol–water partition coefficient (Wildman–Crippen LogP) is 4.68. The smallest absolute Gasteiger partial charge is 0.255 e. The number of nitrogens with zero attached hydrogens (tertiary/aromatic N) is 7. The van der Waals surface area contributed by atoms with E-state index in [1.807, 2.05) is 25.1 Å². The van der Waals surface area contributed by atoms with Crippen molar-refractivity contribution in [2.75, 3.05) is 58.7 Å². The SMILES string of the molecule is CC(C#N)Oc1ccc(-c2cnc3c(Nc4ccc(C(=O)N5CCN(CCN(C)C)CC5)c(Cl)c4)nccn23)c(F)c1F. The van der Waals surface area contributed by atoms with E-state index >= 15 is 4.39 Å². The van der Waals surface area contributed by atoms with Crippen LogP contribution in [0, 0.1) is 23.0 Å². The second-order valence-electron chi connectivity index (χ2n) is 10.5. The zero-order chi connectivity index (χ0) is 30.7. The van der Waals surface area contributed by atoms with E-state index in [-0.39, 0.29) is 22.9 Å². The summed E-state index contributed by atoms with van der Waals surface area (Å²) in [6, 6.07) is 9.52. The van der Waals surface area contributed by atoms with E-state index in [4.69, 9.17) is 21.6 Å². The highest BCUT2D eigenvalue weighted by Crippen LogP contribution is 2.32. The lowest BCUT2D eigenvalue weighted by atomic mass is 10.1. The summed E-state index contributed by atoms with van der Waals surface area (Å²) in [5.41, 5.74) is 1.60. The molecule has 10 nitrogen and oxygen atoms in total. The fourth-order valence-electron chi connectivity index (χ4n) is 4.83. The molecule has 0 saturated carbocycles. The molecule has 13 heteroatoms. The Bertz CT molecular complexity index is 1680. The molecule has 1 aliphatic heterocycles. The number of fused-ring (bicyclic) bond motifs is 1. The van der Waals surface area contributed by atoms with Gasteiger partial charge in [0.05, 0.1) is 22.5 Å². The molecular weight excluding hydrogens is 578 g/mol. The molecule has 2 aromatic heterocycles.